The van der Waals surface area contributed by atoms with Gasteiger partial charge >= 0.3 is 6.61 Å². The first kappa shape index (κ1) is 20.5. The fourth-order valence-corrected chi connectivity index (χ4v) is 3.58. The summed E-state index contributed by atoms with van der Waals surface area (Å²) in [6.07, 6.45) is 5.83. The minimum atomic E-state index is -2.94. The van der Waals surface area contributed by atoms with Crippen LogP contribution in [0.3, 0.4) is 0 Å². The van der Waals surface area contributed by atoms with Crippen molar-refractivity contribution in [3.63, 3.8) is 0 Å². The van der Waals surface area contributed by atoms with E-state index in [0.29, 0.717) is 36.4 Å². The molecule has 1 fully saturated rings. The third kappa shape index (κ3) is 5.17. The summed E-state index contributed by atoms with van der Waals surface area (Å²) in [4.78, 5) is 6.59. The molecule has 28 heavy (non-hydrogen) atoms. The maximum absolute atomic E-state index is 12.5. The minimum absolute atomic E-state index is 0.0589. The van der Waals surface area contributed by atoms with Gasteiger partial charge in [-0.1, -0.05) is 24.4 Å². The van der Waals surface area contributed by atoms with Crippen LogP contribution < -0.4 is 9.47 Å². The Morgan fingerprint density at radius 2 is 2.04 bits per heavy atom. The number of rotatable bonds is 9. The van der Waals surface area contributed by atoms with Crippen molar-refractivity contribution in [2.24, 2.45) is 0 Å². The quantitative estimate of drug-likeness (QED) is 0.694. The van der Waals surface area contributed by atoms with E-state index in [-0.39, 0.29) is 18.1 Å². The number of aliphatic hydroxyl groups is 1. The Labute approximate surface area is 162 Å². The van der Waals surface area contributed by atoms with Crippen LogP contribution in [0.4, 0.5) is 8.78 Å². The van der Waals surface area contributed by atoms with Crippen molar-refractivity contribution < 1.29 is 27.9 Å². The number of aliphatic hydroxyl groups excluding tert-OH is 1. The molecule has 0 aliphatic heterocycles. The van der Waals surface area contributed by atoms with E-state index in [1.54, 1.807) is 6.07 Å². The molecule has 0 atom stereocenters. The summed E-state index contributed by atoms with van der Waals surface area (Å²) in [5, 5.41) is 13.4. The van der Waals surface area contributed by atoms with Crippen molar-refractivity contribution in [3.05, 3.63) is 24.1 Å². The van der Waals surface area contributed by atoms with E-state index in [1.165, 1.54) is 38.5 Å². The highest BCUT2D eigenvalue weighted by molar-refractivity contribution is 5.60. The molecule has 154 valence electrons. The first-order valence-electron chi connectivity index (χ1n) is 9.41. The zero-order chi connectivity index (χ0) is 19.9. The molecule has 1 aromatic carbocycles. The van der Waals surface area contributed by atoms with Gasteiger partial charge in [-0.3, -0.25) is 4.90 Å². The molecule has 1 aromatic heterocycles. The van der Waals surface area contributed by atoms with Crippen molar-refractivity contribution in [2.45, 2.75) is 51.3 Å². The molecule has 1 heterocycles. The Kier molecular flexibility index (Phi) is 7.16. The van der Waals surface area contributed by atoms with Crippen LogP contribution in [0.25, 0.3) is 11.4 Å². The van der Waals surface area contributed by atoms with E-state index in [1.807, 2.05) is 0 Å². The van der Waals surface area contributed by atoms with E-state index in [2.05, 4.69) is 19.8 Å². The molecule has 0 radical (unpaired) electrons. The third-order valence-corrected chi connectivity index (χ3v) is 4.92. The number of methoxy groups -OCH3 is 1. The molecule has 3 rings (SSSR count). The van der Waals surface area contributed by atoms with Crippen molar-refractivity contribution in [3.8, 4) is 22.9 Å². The van der Waals surface area contributed by atoms with Gasteiger partial charge in [0.25, 0.3) is 0 Å². The van der Waals surface area contributed by atoms with Gasteiger partial charge in [0.15, 0.2) is 11.5 Å². The Morgan fingerprint density at radius 1 is 1.25 bits per heavy atom. The van der Waals surface area contributed by atoms with Gasteiger partial charge in [-0.05, 0) is 31.0 Å². The van der Waals surface area contributed by atoms with E-state index >= 15 is 0 Å². The van der Waals surface area contributed by atoms with Crippen LogP contribution >= 0.6 is 0 Å². The lowest BCUT2D eigenvalue weighted by atomic mass is 9.94. The molecule has 0 spiro atoms. The molecule has 0 bridgehead atoms. The van der Waals surface area contributed by atoms with Gasteiger partial charge in [0.1, 0.15) is 0 Å². The number of aromatic nitrogens is 2. The maximum atomic E-state index is 12.5. The van der Waals surface area contributed by atoms with Crippen LogP contribution in [-0.2, 0) is 6.54 Å². The number of alkyl halides is 2. The van der Waals surface area contributed by atoms with Crippen molar-refractivity contribution in [1.29, 1.82) is 0 Å². The lowest BCUT2D eigenvalue weighted by Crippen LogP contribution is -2.38. The van der Waals surface area contributed by atoms with Gasteiger partial charge < -0.3 is 19.1 Å². The average molecular weight is 397 g/mol. The number of benzene rings is 1. The van der Waals surface area contributed by atoms with E-state index < -0.39 is 6.61 Å². The Bertz CT molecular complexity index is 751. The number of halogens is 2. The lowest BCUT2D eigenvalue weighted by Gasteiger charge is -2.32. The summed E-state index contributed by atoms with van der Waals surface area (Å²) in [6.45, 7) is -1.85. The van der Waals surface area contributed by atoms with Crippen LogP contribution in [0.15, 0.2) is 22.7 Å². The second kappa shape index (κ2) is 9.79. The molecular formula is C19H25F2N3O4. The van der Waals surface area contributed by atoms with Crippen LogP contribution in [0.5, 0.6) is 11.5 Å². The van der Waals surface area contributed by atoms with Crippen molar-refractivity contribution in [2.75, 3.05) is 20.3 Å². The van der Waals surface area contributed by atoms with E-state index in [9.17, 15) is 13.9 Å². The third-order valence-electron chi connectivity index (χ3n) is 4.92. The highest BCUT2D eigenvalue weighted by Gasteiger charge is 2.23. The standard InChI is InChI=1S/C19H25F2N3O4/c1-26-16-11-13(7-8-15(16)27-19(20)21)18-22-17(28-23-18)12-24(9-10-25)14-5-3-2-4-6-14/h7-8,11,14,19,25H,2-6,9-10,12H2,1H3. The predicted molar refractivity (Wildman–Crippen MR) is 97.3 cm³/mol. The predicted octanol–water partition coefficient (Wildman–Crippen LogP) is 3.47. The van der Waals surface area contributed by atoms with E-state index in [0.717, 1.165) is 12.8 Å². The highest BCUT2D eigenvalue weighted by Crippen LogP contribution is 2.32. The monoisotopic (exact) mass is 397 g/mol. The minimum Gasteiger partial charge on any atom is -0.493 e. The molecule has 1 saturated carbocycles. The number of hydrogen-bond donors (Lipinski definition) is 1. The van der Waals surface area contributed by atoms with Gasteiger partial charge in [0.05, 0.1) is 20.3 Å². The lowest BCUT2D eigenvalue weighted by molar-refractivity contribution is -0.0512. The summed E-state index contributed by atoms with van der Waals surface area (Å²) in [6, 6.07) is 4.89. The molecule has 1 aliphatic carbocycles. The van der Waals surface area contributed by atoms with Crippen LogP contribution in [0.2, 0.25) is 0 Å². The molecule has 0 amide bonds. The highest BCUT2D eigenvalue weighted by atomic mass is 19.3. The number of nitrogens with zero attached hydrogens (tertiary/aromatic N) is 3. The molecular weight excluding hydrogens is 372 g/mol. The first-order chi connectivity index (χ1) is 13.6. The van der Waals surface area contributed by atoms with Crippen molar-refractivity contribution >= 4 is 0 Å². The molecule has 0 saturated heterocycles. The molecule has 2 aromatic rings. The Balaban J connectivity index is 1.73. The van der Waals surface area contributed by atoms with Gasteiger partial charge in [0, 0.05) is 18.2 Å². The number of hydrogen-bond acceptors (Lipinski definition) is 7. The summed E-state index contributed by atoms with van der Waals surface area (Å²) in [7, 11) is 1.37. The van der Waals surface area contributed by atoms with Crippen molar-refractivity contribution in [1.82, 2.24) is 15.0 Å². The zero-order valence-corrected chi connectivity index (χ0v) is 15.8. The zero-order valence-electron chi connectivity index (χ0n) is 15.8. The molecule has 0 unspecified atom stereocenters. The maximum Gasteiger partial charge on any atom is 0.387 e. The second-order valence-corrected chi connectivity index (χ2v) is 6.74. The molecule has 7 nitrogen and oxygen atoms in total. The Hall–Kier alpha value is -2.26. The summed E-state index contributed by atoms with van der Waals surface area (Å²) >= 11 is 0. The summed E-state index contributed by atoms with van der Waals surface area (Å²) in [5.41, 5.74) is 0.569. The fraction of sp³-hybridized carbons (Fsp3) is 0.579. The van der Waals surface area contributed by atoms with Crippen LogP contribution in [0.1, 0.15) is 38.0 Å². The summed E-state index contributed by atoms with van der Waals surface area (Å²) < 4.78 is 39.8. The topological polar surface area (TPSA) is 80.9 Å². The largest absolute Gasteiger partial charge is 0.493 e. The van der Waals surface area contributed by atoms with Gasteiger partial charge in [0.2, 0.25) is 11.7 Å². The molecule has 1 N–H and O–H groups in total. The fourth-order valence-electron chi connectivity index (χ4n) is 3.58. The van der Waals surface area contributed by atoms with Crippen LogP contribution in [0, 0.1) is 0 Å². The summed E-state index contributed by atoms with van der Waals surface area (Å²) in [5.74, 6) is 0.884. The SMILES string of the molecule is COc1cc(-c2noc(CN(CCO)C3CCCCC3)n2)ccc1OC(F)F. The van der Waals surface area contributed by atoms with E-state index in [4.69, 9.17) is 9.26 Å². The first-order valence-corrected chi connectivity index (χ1v) is 9.41. The molecule has 1 aliphatic rings. The average Bonchev–Trinajstić information content (AvgIpc) is 3.17. The van der Waals surface area contributed by atoms with Crippen LogP contribution in [-0.4, -0.2) is 53.1 Å². The molecule has 9 heteroatoms. The Morgan fingerprint density at radius 3 is 2.71 bits per heavy atom. The smallest absolute Gasteiger partial charge is 0.387 e. The second-order valence-electron chi connectivity index (χ2n) is 6.74. The normalized spacial score (nSPS) is 15.4. The number of ether oxygens (including phenoxy) is 2. The van der Waals surface area contributed by atoms with Gasteiger partial charge in [-0.2, -0.15) is 13.8 Å². The van der Waals surface area contributed by atoms with Gasteiger partial charge in [-0.25, -0.2) is 0 Å². The van der Waals surface area contributed by atoms with Gasteiger partial charge in [-0.15, -0.1) is 0 Å².